The molecule has 4 heteroatoms. The summed E-state index contributed by atoms with van der Waals surface area (Å²) in [6.07, 6.45) is 0. The molecule has 0 fully saturated rings. The second-order valence-electron chi connectivity index (χ2n) is 2.01. The number of phenolic OH excluding ortho intramolecular Hbond substituents is 1. The fourth-order valence-electron chi connectivity index (χ4n) is 0.756. The summed E-state index contributed by atoms with van der Waals surface area (Å²) in [5.74, 6) is -0.581. The zero-order chi connectivity index (χ0) is 8.27. The molecule has 12 heavy (non-hydrogen) atoms. The van der Waals surface area contributed by atoms with Crippen LogP contribution in [0.1, 0.15) is 10.4 Å². The number of ether oxygens (including phenoxy) is 1. The van der Waals surface area contributed by atoms with Gasteiger partial charge in [0.15, 0.2) is 0 Å². The average molecular weight is 159 g/mol. The molecule has 1 aromatic rings. The quantitative estimate of drug-likeness (QED) is 0.388. The molecule has 0 atom stereocenters. The maximum atomic E-state index is 10.9. The molecule has 0 saturated carbocycles. The molecule has 0 bridgehead atoms. The first-order valence-electron chi connectivity index (χ1n) is 3.12. The maximum Gasteiger partial charge on any atom is 1.00 e. The van der Waals surface area contributed by atoms with E-state index in [0.29, 0.717) is 0 Å². The van der Waals surface area contributed by atoms with Gasteiger partial charge in [0.1, 0.15) is 11.3 Å². The van der Waals surface area contributed by atoms with Gasteiger partial charge >= 0.3 is 24.8 Å². The fraction of sp³-hybridized carbons (Fsp3) is 0.125. The minimum absolute atomic E-state index is 0. The summed E-state index contributed by atoms with van der Waals surface area (Å²) in [5.41, 5.74) is 0.190. The monoisotopic (exact) mass is 159 g/mol. The molecule has 0 aliphatic carbocycles. The average Bonchev–Trinajstić information content (AvgIpc) is 2.04. The number of carbonyl (C=O) groups excluding carboxylic acids is 1. The molecule has 0 aromatic heterocycles. The third-order valence-corrected chi connectivity index (χ3v) is 1.31. The van der Waals surface area contributed by atoms with Crippen molar-refractivity contribution in [1.29, 1.82) is 0 Å². The molecule has 1 rings (SSSR count). The smallest absolute Gasteiger partial charge is 0.507 e. The van der Waals surface area contributed by atoms with Crippen LogP contribution in [0, 0.1) is 0 Å². The van der Waals surface area contributed by atoms with Gasteiger partial charge in [0.05, 0.1) is 7.11 Å². The third kappa shape index (κ3) is 2.30. The van der Waals surface area contributed by atoms with Crippen molar-refractivity contribution in [2.75, 3.05) is 7.11 Å². The minimum atomic E-state index is -0.525. The Balaban J connectivity index is 0.00000121. The molecule has 1 aromatic carbocycles. The number of hydrogen-bond donors (Lipinski definition) is 1. The summed E-state index contributed by atoms with van der Waals surface area (Å²) in [4.78, 5) is 10.9. The van der Waals surface area contributed by atoms with Gasteiger partial charge in [0.25, 0.3) is 0 Å². The van der Waals surface area contributed by atoms with Gasteiger partial charge in [0, 0.05) is 0 Å². The zero-order valence-electron chi connectivity index (χ0n) is 7.07. The van der Waals surface area contributed by atoms with Crippen LogP contribution in [-0.2, 0) is 4.74 Å². The Bertz CT molecular complexity index is 273. The fourth-order valence-corrected chi connectivity index (χ4v) is 0.756. The molecule has 0 unspecified atom stereocenters. The van der Waals surface area contributed by atoms with Crippen LogP contribution < -0.4 is 18.9 Å². The van der Waals surface area contributed by atoms with Crippen LogP contribution in [0.5, 0.6) is 5.75 Å². The van der Waals surface area contributed by atoms with E-state index in [0.717, 1.165) is 0 Å². The SMILES string of the molecule is COC(=O)c1ccccc1O.[Li+]. The first kappa shape index (κ1) is 11.1. The molecular formula is C8H8LiO3+. The molecule has 0 radical (unpaired) electrons. The predicted octanol–water partition coefficient (Wildman–Crippen LogP) is -1.82. The summed E-state index contributed by atoms with van der Waals surface area (Å²) >= 11 is 0. The van der Waals surface area contributed by atoms with E-state index in [4.69, 9.17) is 5.11 Å². The van der Waals surface area contributed by atoms with Crippen molar-refractivity contribution in [2.24, 2.45) is 0 Å². The van der Waals surface area contributed by atoms with E-state index in [1.54, 1.807) is 12.1 Å². The Labute approximate surface area is 82.5 Å². The zero-order valence-corrected chi connectivity index (χ0v) is 7.07. The van der Waals surface area contributed by atoms with Crippen molar-refractivity contribution in [3.63, 3.8) is 0 Å². The van der Waals surface area contributed by atoms with Gasteiger partial charge in [-0.05, 0) is 12.1 Å². The van der Waals surface area contributed by atoms with Gasteiger partial charge in [-0.3, -0.25) is 0 Å². The van der Waals surface area contributed by atoms with Gasteiger partial charge < -0.3 is 9.84 Å². The summed E-state index contributed by atoms with van der Waals surface area (Å²) < 4.78 is 4.42. The molecule has 0 aliphatic rings. The predicted molar refractivity (Wildman–Crippen MR) is 39.4 cm³/mol. The van der Waals surface area contributed by atoms with Gasteiger partial charge in [-0.15, -0.1) is 0 Å². The van der Waals surface area contributed by atoms with Crippen molar-refractivity contribution in [1.82, 2.24) is 0 Å². The van der Waals surface area contributed by atoms with Crippen LogP contribution >= 0.6 is 0 Å². The minimum Gasteiger partial charge on any atom is -0.507 e. The van der Waals surface area contributed by atoms with E-state index in [1.165, 1.54) is 19.2 Å². The molecule has 58 valence electrons. The molecule has 0 saturated heterocycles. The van der Waals surface area contributed by atoms with Crippen LogP contribution in [0.25, 0.3) is 0 Å². The van der Waals surface area contributed by atoms with Crippen LogP contribution in [0.15, 0.2) is 24.3 Å². The Kier molecular flexibility index (Phi) is 4.49. The van der Waals surface area contributed by atoms with Crippen molar-refractivity contribution < 1.29 is 33.5 Å². The van der Waals surface area contributed by atoms with Crippen LogP contribution in [-0.4, -0.2) is 18.2 Å². The Morgan fingerprint density at radius 1 is 1.42 bits per heavy atom. The molecule has 0 spiro atoms. The number of benzene rings is 1. The van der Waals surface area contributed by atoms with Crippen LogP contribution in [0.4, 0.5) is 0 Å². The Hall–Kier alpha value is -0.913. The van der Waals surface area contributed by atoms with E-state index in [9.17, 15) is 4.79 Å². The number of phenols is 1. The standard InChI is InChI=1S/C8H8O3.Li/c1-11-8(10)6-4-2-3-5-7(6)9;/h2-5,9H,1H3;/q;+1. The topological polar surface area (TPSA) is 46.5 Å². The van der Waals surface area contributed by atoms with Crippen molar-refractivity contribution >= 4 is 5.97 Å². The summed E-state index contributed by atoms with van der Waals surface area (Å²) in [7, 11) is 1.27. The first-order valence-corrected chi connectivity index (χ1v) is 3.12. The van der Waals surface area contributed by atoms with Gasteiger partial charge in [-0.1, -0.05) is 12.1 Å². The first-order chi connectivity index (χ1) is 5.25. The molecular weight excluding hydrogens is 151 g/mol. The summed E-state index contributed by atoms with van der Waals surface area (Å²) in [6, 6.07) is 6.24. The molecule has 0 heterocycles. The number of aromatic hydroxyl groups is 1. The third-order valence-electron chi connectivity index (χ3n) is 1.31. The van der Waals surface area contributed by atoms with Gasteiger partial charge in [-0.25, -0.2) is 4.79 Å². The number of hydrogen-bond acceptors (Lipinski definition) is 3. The van der Waals surface area contributed by atoms with E-state index in [-0.39, 0.29) is 30.2 Å². The number of esters is 1. The molecule has 0 aliphatic heterocycles. The molecule has 3 nitrogen and oxygen atoms in total. The number of carbonyl (C=O) groups is 1. The molecule has 1 N–H and O–H groups in total. The maximum absolute atomic E-state index is 10.9. The van der Waals surface area contributed by atoms with E-state index in [2.05, 4.69) is 4.74 Å². The van der Waals surface area contributed by atoms with Crippen LogP contribution in [0.2, 0.25) is 0 Å². The summed E-state index contributed by atoms with van der Waals surface area (Å²) in [5, 5.41) is 9.11. The van der Waals surface area contributed by atoms with Crippen molar-refractivity contribution in [3.05, 3.63) is 29.8 Å². The second-order valence-corrected chi connectivity index (χ2v) is 2.01. The second kappa shape index (κ2) is 4.86. The van der Waals surface area contributed by atoms with E-state index in [1.807, 2.05) is 0 Å². The van der Waals surface area contributed by atoms with Gasteiger partial charge in [-0.2, -0.15) is 0 Å². The normalized spacial score (nSPS) is 8.42. The van der Waals surface area contributed by atoms with Crippen molar-refractivity contribution in [2.45, 2.75) is 0 Å². The summed E-state index contributed by atoms with van der Waals surface area (Å²) in [6.45, 7) is 0. The van der Waals surface area contributed by atoms with Gasteiger partial charge in [0.2, 0.25) is 0 Å². The number of rotatable bonds is 1. The Morgan fingerprint density at radius 2 is 2.00 bits per heavy atom. The van der Waals surface area contributed by atoms with Crippen molar-refractivity contribution in [3.8, 4) is 5.75 Å². The number of para-hydroxylation sites is 1. The Morgan fingerprint density at radius 3 is 2.50 bits per heavy atom. The van der Waals surface area contributed by atoms with Crippen LogP contribution in [0.3, 0.4) is 0 Å². The van der Waals surface area contributed by atoms with E-state index < -0.39 is 5.97 Å². The molecule has 0 amide bonds. The van der Waals surface area contributed by atoms with E-state index >= 15 is 0 Å². The number of methoxy groups -OCH3 is 1. The largest absolute Gasteiger partial charge is 1.00 e.